The molecule has 2 heterocycles. The van der Waals surface area contributed by atoms with Crippen molar-refractivity contribution in [2.75, 3.05) is 0 Å². The second-order valence-electron chi connectivity index (χ2n) is 5.96. The third-order valence-electron chi connectivity index (χ3n) is 3.33. The summed E-state index contributed by atoms with van der Waals surface area (Å²) in [6.07, 6.45) is 5.26. The molecule has 1 unspecified atom stereocenters. The molecule has 108 valence electrons. The van der Waals surface area contributed by atoms with E-state index in [9.17, 15) is 4.79 Å². The van der Waals surface area contributed by atoms with Crippen LogP contribution in [0.15, 0.2) is 30.7 Å². The Kier molecular flexibility index (Phi) is 3.92. The molecular weight excluding hydrogens is 254 g/mol. The second kappa shape index (κ2) is 5.48. The summed E-state index contributed by atoms with van der Waals surface area (Å²) in [5, 5.41) is 11.3. The molecule has 1 amide bonds. The van der Waals surface area contributed by atoms with Gasteiger partial charge in [-0.05, 0) is 17.5 Å². The Hall–Kier alpha value is -2.11. The highest BCUT2D eigenvalue weighted by Gasteiger charge is 2.27. The lowest BCUT2D eigenvalue weighted by Gasteiger charge is -2.31. The third kappa shape index (κ3) is 3.26. The summed E-state index contributed by atoms with van der Waals surface area (Å²) in [4.78, 5) is 12.3. The normalized spacial score (nSPS) is 13.2. The second-order valence-corrected chi connectivity index (χ2v) is 5.96. The molecule has 0 radical (unpaired) electrons. The van der Waals surface area contributed by atoms with Crippen LogP contribution >= 0.6 is 0 Å². The van der Waals surface area contributed by atoms with Crippen molar-refractivity contribution in [1.82, 2.24) is 24.9 Å². The maximum absolute atomic E-state index is 12.3. The van der Waals surface area contributed by atoms with Crippen molar-refractivity contribution in [2.24, 2.45) is 12.5 Å². The van der Waals surface area contributed by atoms with Gasteiger partial charge < -0.3 is 5.32 Å². The monoisotopic (exact) mass is 275 g/mol. The van der Waals surface area contributed by atoms with Crippen molar-refractivity contribution >= 4 is 5.91 Å². The highest BCUT2D eigenvalue weighted by atomic mass is 16.2. The van der Waals surface area contributed by atoms with Crippen LogP contribution in [0.4, 0.5) is 0 Å². The zero-order chi connectivity index (χ0) is 14.8. The highest BCUT2D eigenvalue weighted by Crippen LogP contribution is 2.21. The molecule has 20 heavy (non-hydrogen) atoms. The van der Waals surface area contributed by atoms with Gasteiger partial charge in [-0.2, -0.15) is 10.2 Å². The van der Waals surface area contributed by atoms with Gasteiger partial charge in [-0.15, -0.1) is 0 Å². The largest absolute Gasteiger partial charge is 0.346 e. The van der Waals surface area contributed by atoms with Gasteiger partial charge in [0, 0.05) is 25.6 Å². The van der Waals surface area contributed by atoms with Crippen molar-refractivity contribution in [3.63, 3.8) is 0 Å². The Morgan fingerprint density at radius 2 is 2.10 bits per heavy atom. The molecule has 0 aliphatic heterocycles. The Morgan fingerprint density at radius 1 is 1.35 bits per heavy atom. The topological polar surface area (TPSA) is 64.7 Å². The van der Waals surface area contributed by atoms with E-state index in [1.165, 1.54) is 0 Å². The van der Waals surface area contributed by atoms with E-state index >= 15 is 0 Å². The lowest BCUT2D eigenvalue weighted by atomic mass is 9.86. The standard InChI is InChI=1S/C14H21N5O/c1-14(2,3)12(10-19-9-5-7-16-19)17-13(20)11-6-8-15-18(11)4/h5-9,12H,10H2,1-4H3,(H,17,20). The van der Waals surface area contributed by atoms with Crippen molar-refractivity contribution in [1.29, 1.82) is 0 Å². The molecule has 0 aliphatic rings. The number of amides is 1. The van der Waals surface area contributed by atoms with Gasteiger partial charge in [0.25, 0.3) is 5.91 Å². The fraction of sp³-hybridized carbons (Fsp3) is 0.500. The van der Waals surface area contributed by atoms with Gasteiger partial charge >= 0.3 is 0 Å². The average Bonchev–Trinajstić information content (AvgIpc) is 2.98. The van der Waals surface area contributed by atoms with E-state index in [0.29, 0.717) is 12.2 Å². The maximum atomic E-state index is 12.3. The molecule has 0 aromatic carbocycles. The van der Waals surface area contributed by atoms with Crippen LogP contribution < -0.4 is 5.32 Å². The molecule has 6 heteroatoms. The van der Waals surface area contributed by atoms with Crippen molar-refractivity contribution in [3.8, 4) is 0 Å². The van der Waals surface area contributed by atoms with E-state index in [1.807, 2.05) is 16.9 Å². The molecule has 2 aromatic rings. The van der Waals surface area contributed by atoms with Gasteiger partial charge in [-0.1, -0.05) is 20.8 Å². The number of hydrogen-bond donors (Lipinski definition) is 1. The van der Waals surface area contributed by atoms with E-state index in [4.69, 9.17) is 0 Å². The smallest absolute Gasteiger partial charge is 0.269 e. The first-order valence-electron chi connectivity index (χ1n) is 6.64. The summed E-state index contributed by atoms with van der Waals surface area (Å²) in [6.45, 7) is 6.94. The summed E-state index contributed by atoms with van der Waals surface area (Å²) < 4.78 is 3.41. The minimum absolute atomic E-state index is 0.0233. The van der Waals surface area contributed by atoms with Gasteiger partial charge in [0.1, 0.15) is 5.69 Å². The molecule has 0 spiro atoms. The Bertz CT molecular complexity index is 565. The summed E-state index contributed by atoms with van der Waals surface area (Å²) in [7, 11) is 1.76. The Labute approximate surface area is 118 Å². The summed E-state index contributed by atoms with van der Waals surface area (Å²) in [5.74, 6) is -0.114. The van der Waals surface area contributed by atoms with Crippen LogP contribution in [0.5, 0.6) is 0 Å². The molecule has 0 saturated carbocycles. The van der Waals surface area contributed by atoms with Crippen LogP contribution in [0.25, 0.3) is 0 Å². The van der Waals surface area contributed by atoms with Gasteiger partial charge in [-0.25, -0.2) is 0 Å². The SMILES string of the molecule is Cn1nccc1C(=O)NC(Cn1cccn1)C(C)(C)C. The minimum atomic E-state index is -0.114. The van der Waals surface area contributed by atoms with Crippen LogP contribution in [0.3, 0.4) is 0 Å². The van der Waals surface area contributed by atoms with Crippen LogP contribution in [-0.4, -0.2) is 31.5 Å². The van der Waals surface area contributed by atoms with Gasteiger partial charge in [0.15, 0.2) is 0 Å². The van der Waals surface area contributed by atoms with E-state index in [0.717, 1.165) is 0 Å². The van der Waals surface area contributed by atoms with Crippen molar-refractivity contribution in [3.05, 3.63) is 36.4 Å². The average molecular weight is 275 g/mol. The summed E-state index contributed by atoms with van der Waals surface area (Å²) in [6, 6.07) is 3.57. The number of nitrogens with zero attached hydrogens (tertiary/aromatic N) is 4. The lowest BCUT2D eigenvalue weighted by molar-refractivity contribution is 0.0881. The quantitative estimate of drug-likeness (QED) is 0.918. The summed E-state index contributed by atoms with van der Waals surface area (Å²) >= 11 is 0. The molecule has 1 N–H and O–H groups in total. The van der Waals surface area contributed by atoms with Crippen LogP contribution in [0, 0.1) is 5.41 Å². The van der Waals surface area contributed by atoms with E-state index in [1.54, 1.807) is 30.2 Å². The van der Waals surface area contributed by atoms with E-state index in [2.05, 4.69) is 36.3 Å². The van der Waals surface area contributed by atoms with Crippen LogP contribution in [0.2, 0.25) is 0 Å². The van der Waals surface area contributed by atoms with Crippen LogP contribution in [0.1, 0.15) is 31.3 Å². The number of nitrogens with one attached hydrogen (secondary N) is 1. The summed E-state index contributed by atoms with van der Waals surface area (Å²) in [5.41, 5.74) is 0.486. The maximum Gasteiger partial charge on any atom is 0.269 e. The molecule has 2 rings (SSSR count). The first-order chi connectivity index (χ1) is 9.38. The molecule has 0 bridgehead atoms. The number of aryl methyl sites for hydroxylation is 1. The third-order valence-corrected chi connectivity index (χ3v) is 3.33. The van der Waals surface area contributed by atoms with Gasteiger partial charge in [0.2, 0.25) is 0 Å². The number of carbonyl (C=O) groups excluding carboxylic acids is 1. The predicted octanol–water partition coefficient (Wildman–Crippen LogP) is 1.46. The zero-order valence-electron chi connectivity index (χ0n) is 12.4. The molecule has 0 aliphatic carbocycles. The van der Waals surface area contributed by atoms with Gasteiger partial charge in [-0.3, -0.25) is 14.2 Å². The molecule has 1 atom stereocenters. The fourth-order valence-electron chi connectivity index (χ4n) is 1.96. The zero-order valence-corrected chi connectivity index (χ0v) is 12.4. The van der Waals surface area contributed by atoms with E-state index in [-0.39, 0.29) is 17.4 Å². The number of rotatable bonds is 4. The predicted molar refractivity (Wildman–Crippen MR) is 76.1 cm³/mol. The van der Waals surface area contributed by atoms with Crippen LogP contribution in [-0.2, 0) is 13.6 Å². The lowest BCUT2D eigenvalue weighted by Crippen LogP contribution is -2.47. The molecule has 0 saturated heterocycles. The Balaban J connectivity index is 2.12. The number of aromatic nitrogens is 4. The molecule has 6 nitrogen and oxygen atoms in total. The number of hydrogen-bond acceptors (Lipinski definition) is 3. The van der Waals surface area contributed by atoms with Gasteiger partial charge in [0.05, 0.1) is 12.6 Å². The van der Waals surface area contributed by atoms with Crippen molar-refractivity contribution < 1.29 is 4.79 Å². The molecule has 0 fully saturated rings. The Morgan fingerprint density at radius 3 is 2.60 bits per heavy atom. The first-order valence-corrected chi connectivity index (χ1v) is 6.64. The molecular formula is C14H21N5O. The first kappa shape index (κ1) is 14.3. The molecule has 2 aromatic heterocycles. The highest BCUT2D eigenvalue weighted by molar-refractivity contribution is 5.92. The fourth-order valence-corrected chi connectivity index (χ4v) is 1.96. The van der Waals surface area contributed by atoms with E-state index < -0.39 is 0 Å². The minimum Gasteiger partial charge on any atom is -0.346 e. The number of carbonyl (C=O) groups is 1. The van der Waals surface area contributed by atoms with Crippen molar-refractivity contribution in [2.45, 2.75) is 33.4 Å².